The van der Waals surface area contributed by atoms with E-state index in [2.05, 4.69) is 5.32 Å². The second-order valence-corrected chi connectivity index (χ2v) is 8.86. The summed E-state index contributed by atoms with van der Waals surface area (Å²) < 4.78 is 31.2. The standard InChI is InChI=1S/C22H25N3O7S/c1-4-24(5-2)33(30,31)18-10-7-17(8-11-18)9-13-22(27)32-15-21(26)23-19-12-6-16(3)14-20(19)25(28)29/h6-14H,4-5,15H2,1-3H3,(H,23,26)/b13-9+. The predicted molar refractivity (Wildman–Crippen MR) is 123 cm³/mol. The third kappa shape index (κ3) is 6.96. The molecule has 176 valence electrons. The van der Waals surface area contributed by atoms with E-state index in [0.717, 1.165) is 6.08 Å². The van der Waals surface area contributed by atoms with Gasteiger partial charge in [0.1, 0.15) is 5.69 Å². The van der Waals surface area contributed by atoms with Gasteiger partial charge in [0.2, 0.25) is 10.0 Å². The minimum atomic E-state index is -3.57. The zero-order valence-corrected chi connectivity index (χ0v) is 19.3. The third-order valence-corrected chi connectivity index (χ3v) is 6.67. The maximum Gasteiger partial charge on any atom is 0.331 e. The van der Waals surface area contributed by atoms with Crippen molar-refractivity contribution in [3.63, 3.8) is 0 Å². The summed E-state index contributed by atoms with van der Waals surface area (Å²) in [5.74, 6) is -1.53. The third-order valence-electron chi connectivity index (χ3n) is 4.60. The molecule has 0 aliphatic heterocycles. The van der Waals surface area contributed by atoms with Crippen molar-refractivity contribution in [2.75, 3.05) is 25.0 Å². The van der Waals surface area contributed by atoms with Gasteiger partial charge in [0.05, 0.1) is 9.82 Å². The lowest BCUT2D eigenvalue weighted by Crippen LogP contribution is -2.30. The summed E-state index contributed by atoms with van der Waals surface area (Å²) in [6, 6.07) is 10.3. The van der Waals surface area contributed by atoms with E-state index in [1.165, 1.54) is 34.6 Å². The molecule has 1 amide bonds. The number of ether oxygens (including phenoxy) is 1. The van der Waals surface area contributed by atoms with Gasteiger partial charge >= 0.3 is 5.97 Å². The van der Waals surface area contributed by atoms with Crippen molar-refractivity contribution < 1.29 is 27.7 Å². The molecule has 2 aromatic carbocycles. The first-order valence-corrected chi connectivity index (χ1v) is 11.5. The number of hydrogen-bond donors (Lipinski definition) is 1. The molecule has 0 spiro atoms. The van der Waals surface area contributed by atoms with Crippen LogP contribution in [0.1, 0.15) is 25.0 Å². The minimum Gasteiger partial charge on any atom is -0.452 e. The highest BCUT2D eigenvalue weighted by atomic mass is 32.2. The summed E-state index contributed by atoms with van der Waals surface area (Å²) in [7, 11) is -3.57. The molecular weight excluding hydrogens is 450 g/mol. The fourth-order valence-corrected chi connectivity index (χ4v) is 4.36. The molecule has 0 saturated carbocycles. The predicted octanol–water partition coefficient (Wildman–Crippen LogP) is 3.13. The average molecular weight is 476 g/mol. The Balaban J connectivity index is 1.94. The lowest BCUT2D eigenvalue weighted by Gasteiger charge is -2.18. The summed E-state index contributed by atoms with van der Waals surface area (Å²) in [6.45, 7) is 5.28. The molecule has 0 aliphatic carbocycles. The average Bonchev–Trinajstić information content (AvgIpc) is 2.78. The quantitative estimate of drug-likeness (QED) is 0.241. The largest absolute Gasteiger partial charge is 0.452 e. The van der Waals surface area contributed by atoms with Gasteiger partial charge in [0, 0.05) is 25.2 Å². The molecule has 2 aromatic rings. The lowest BCUT2D eigenvalue weighted by molar-refractivity contribution is -0.384. The van der Waals surface area contributed by atoms with E-state index in [9.17, 15) is 28.1 Å². The Hall–Kier alpha value is -3.57. The van der Waals surface area contributed by atoms with Crippen LogP contribution in [0.5, 0.6) is 0 Å². The van der Waals surface area contributed by atoms with E-state index in [-0.39, 0.29) is 16.3 Å². The van der Waals surface area contributed by atoms with Gasteiger partial charge in [-0.1, -0.05) is 32.0 Å². The maximum atomic E-state index is 12.5. The molecular formula is C22H25N3O7S. The van der Waals surface area contributed by atoms with Crippen LogP contribution < -0.4 is 5.32 Å². The van der Waals surface area contributed by atoms with Gasteiger partial charge in [-0.15, -0.1) is 0 Å². The normalized spacial score (nSPS) is 11.5. The van der Waals surface area contributed by atoms with E-state index in [0.29, 0.717) is 24.2 Å². The van der Waals surface area contributed by atoms with Gasteiger partial charge in [0.25, 0.3) is 11.6 Å². The van der Waals surface area contributed by atoms with Crippen LogP contribution >= 0.6 is 0 Å². The Morgan fingerprint density at radius 1 is 1.12 bits per heavy atom. The van der Waals surface area contributed by atoms with Gasteiger partial charge in [0.15, 0.2) is 6.61 Å². The van der Waals surface area contributed by atoms with Gasteiger partial charge in [-0.05, 0) is 42.3 Å². The minimum absolute atomic E-state index is 0.00180. The molecule has 0 aromatic heterocycles. The Labute approximate surface area is 192 Å². The number of aryl methyl sites for hydroxylation is 1. The summed E-state index contributed by atoms with van der Waals surface area (Å²) in [5.41, 5.74) is 0.961. The smallest absolute Gasteiger partial charge is 0.331 e. The molecule has 0 bridgehead atoms. The number of carbonyl (C=O) groups excluding carboxylic acids is 2. The fourth-order valence-electron chi connectivity index (χ4n) is 2.90. The Bertz CT molecular complexity index is 1160. The van der Waals surface area contributed by atoms with Crippen molar-refractivity contribution in [2.45, 2.75) is 25.7 Å². The summed E-state index contributed by atoms with van der Waals surface area (Å²) in [4.78, 5) is 34.5. The number of amides is 1. The first-order chi connectivity index (χ1) is 15.6. The van der Waals surface area contributed by atoms with Crippen LogP contribution in [0.4, 0.5) is 11.4 Å². The van der Waals surface area contributed by atoms with Crippen LogP contribution in [-0.2, 0) is 24.3 Å². The molecule has 0 saturated heterocycles. The van der Waals surface area contributed by atoms with Crippen molar-refractivity contribution in [3.8, 4) is 0 Å². The molecule has 0 fully saturated rings. The van der Waals surface area contributed by atoms with Crippen molar-refractivity contribution in [1.82, 2.24) is 4.31 Å². The number of nitro groups is 1. The first-order valence-electron chi connectivity index (χ1n) is 10.1. The highest BCUT2D eigenvalue weighted by Crippen LogP contribution is 2.25. The monoisotopic (exact) mass is 475 g/mol. The van der Waals surface area contributed by atoms with E-state index >= 15 is 0 Å². The fraction of sp³-hybridized carbons (Fsp3) is 0.273. The lowest BCUT2D eigenvalue weighted by atomic mass is 10.2. The zero-order chi connectivity index (χ0) is 24.6. The Morgan fingerprint density at radius 2 is 1.76 bits per heavy atom. The number of esters is 1. The number of benzene rings is 2. The first kappa shape index (κ1) is 25.7. The van der Waals surface area contributed by atoms with Gasteiger partial charge < -0.3 is 10.1 Å². The SMILES string of the molecule is CCN(CC)S(=O)(=O)c1ccc(/C=C/C(=O)OCC(=O)Nc2ccc(C)cc2[N+](=O)[O-])cc1. The number of hydrogen-bond acceptors (Lipinski definition) is 7. The maximum absolute atomic E-state index is 12.5. The van der Waals surface area contributed by atoms with Crippen molar-refractivity contribution in [3.05, 3.63) is 69.8 Å². The van der Waals surface area contributed by atoms with Crippen LogP contribution in [0.3, 0.4) is 0 Å². The number of rotatable bonds is 10. The number of carbonyl (C=O) groups is 2. The van der Waals surface area contributed by atoms with Crippen LogP contribution in [0.25, 0.3) is 6.08 Å². The highest BCUT2D eigenvalue weighted by Gasteiger charge is 2.21. The highest BCUT2D eigenvalue weighted by molar-refractivity contribution is 7.89. The van der Waals surface area contributed by atoms with Crippen LogP contribution in [0.15, 0.2) is 53.4 Å². The van der Waals surface area contributed by atoms with E-state index in [4.69, 9.17) is 4.74 Å². The number of anilines is 1. The molecule has 0 radical (unpaired) electrons. The molecule has 1 N–H and O–H groups in total. The molecule has 11 heteroatoms. The number of sulfonamides is 1. The molecule has 0 aliphatic rings. The summed E-state index contributed by atoms with van der Waals surface area (Å²) in [5, 5.41) is 13.4. The molecule has 2 rings (SSSR count). The van der Waals surface area contributed by atoms with Crippen molar-refractivity contribution in [1.29, 1.82) is 0 Å². The molecule has 0 unspecified atom stereocenters. The van der Waals surface area contributed by atoms with E-state index in [1.807, 2.05) is 0 Å². The van der Waals surface area contributed by atoms with E-state index < -0.39 is 33.4 Å². The number of nitrogens with zero attached hydrogens (tertiary/aromatic N) is 2. The molecule has 0 atom stereocenters. The van der Waals surface area contributed by atoms with E-state index in [1.54, 1.807) is 39.0 Å². The summed E-state index contributed by atoms with van der Waals surface area (Å²) in [6.07, 6.45) is 2.51. The second kappa shape index (κ2) is 11.3. The van der Waals surface area contributed by atoms with Crippen LogP contribution in [0, 0.1) is 17.0 Å². The van der Waals surface area contributed by atoms with Gasteiger partial charge in [-0.3, -0.25) is 14.9 Å². The molecule has 10 nitrogen and oxygen atoms in total. The topological polar surface area (TPSA) is 136 Å². The Kier molecular flexibility index (Phi) is 8.83. The Morgan fingerprint density at radius 3 is 2.33 bits per heavy atom. The summed E-state index contributed by atoms with van der Waals surface area (Å²) >= 11 is 0. The zero-order valence-electron chi connectivity index (χ0n) is 18.5. The van der Waals surface area contributed by atoms with Crippen LogP contribution in [-0.4, -0.2) is 49.2 Å². The van der Waals surface area contributed by atoms with Crippen molar-refractivity contribution in [2.24, 2.45) is 0 Å². The van der Waals surface area contributed by atoms with Crippen LogP contribution in [0.2, 0.25) is 0 Å². The molecule has 0 heterocycles. The van der Waals surface area contributed by atoms with Gasteiger partial charge in [-0.2, -0.15) is 4.31 Å². The van der Waals surface area contributed by atoms with Gasteiger partial charge in [-0.25, -0.2) is 13.2 Å². The number of nitrogens with one attached hydrogen (secondary N) is 1. The number of nitro benzene ring substituents is 1. The molecule has 33 heavy (non-hydrogen) atoms. The van der Waals surface area contributed by atoms with Crippen molar-refractivity contribution >= 4 is 39.4 Å². The second-order valence-electron chi connectivity index (χ2n) is 6.93.